The first-order chi connectivity index (χ1) is 21.6. The lowest BCUT2D eigenvalue weighted by atomic mass is 9.92. The second-order valence-corrected chi connectivity index (χ2v) is 10.7. The zero-order chi connectivity index (χ0) is 32.2. The van der Waals surface area contributed by atoms with Gasteiger partial charge in [-0.3, -0.25) is 10.1 Å². The highest BCUT2D eigenvalue weighted by Gasteiger charge is 2.30. The predicted molar refractivity (Wildman–Crippen MR) is 160 cm³/mol. The van der Waals surface area contributed by atoms with Crippen molar-refractivity contribution in [3.8, 4) is 28.1 Å². The van der Waals surface area contributed by atoms with Gasteiger partial charge in [-0.1, -0.05) is 26.3 Å². The first-order valence-electron chi connectivity index (χ1n) is 14.4. The SMILES string of the molecule is CCc1[nH]c2nc1-c1ccc(NC(=O)OC)cc1NC(=O)C(C)CCCC2c1ccc(-c2c(F)cccc2OC(F)F)c[n+]1[O-]. The zero-order valence-corrected chi connectivity index (χ0v) is 24.8. The van der Waals surface area contributed by atoms with Gasteiger partial charge in [0.25, 0.3) is 0 Å². The summed E-state index contributed by atoms with van der Waals surface area (Å²) < 4.78 is 50.6. The number of nitrogens with one attached hydrogen (secondary N) is 3. The molecule has 2 bridgehead atoms. The van der Waals surface area contributed by atoms with Crippen molar-refractivity contribution in [1.82, 2.24) is 9.97 Å². The van der Waals surface area contributed by atoms with Gasteiger partial charge in [0.05, 0.1) is 29.6 Å². The minimum Gasteiger partial charge on any atom is -0.618 e. The van der Waals surface area contributed by atoms with Crippen molar-refractivity contribution in [2.75, 3.05) is 17.7 Å². The van der Waals surface area contributed by atoms with E-state index in [0.717, 1.165) is 18.0 Å². The summed E-state index contributed by atoms with van der Waals surface area (Å²) in [4.78, 5) is 33.3. The van der Waals surface area contributed by atoms with Crippen molar-refractivity contribution >= 4 is 23.4 Å². The lowest BCUT2D eigenvalue weighted by Crippen LogP contribution is -2.34. The van der Waals surface area contributed by atoms with Crippen LogP contribution in [0.25, 0.3) is 22.4 Å². The average molecular weight is 624 g/mol. The van der Waals surface area contributed by atoms with Crippen molar-refractivity contribution in [1.29, 1.82) is 0 Å². The molecule has 0 radical (unpaired) electrons. The van der Waals surface area contributed by atoms with E-state index in [1.807, 2.05) is 13.8 Å². The smallest absolute Gasteiger partial charge is 0.411 e. The fourth-order valence-electron chi connectivity index (χ4n) is 5.50. The molecule has 13 heteroatoms. The lowest BCUT2D eigenvalue weighted by molar-refractivity contribution is -0.614. The summed E-state index contributed by atoms with van der Waals surface area (Å²) in [5.74, 6) is -1.81. The molecule has 0 saturated heterocycles. The van der Waals surface area contributed by atoms with E-state index in [4.69, 9.17) is 9.72 Å². The first kappa shape index (κ1) is 31.4. The number of methoxy groups -OCH3 is 1. The van der Waals surface area contributed by atoms with Crippen LogP contribution in [0.4, 0.5) is 29.3 Å². The number of aromatic nitrogens is 3. The van der Waals surface area contributed by atoms with Gasteiger partial charge in [0.2, 0.25) is 11.6 Å². The number of benzene rings is 2. The minimum atomic E-state index is -3.17. The molecule has 5 rings (SSSR count). The van der Waals surface area contributed by atoms with Crippen LogP contribution < -0.4 is 20.1 Å². The first-order valence-corrected chi connectivity index (χ1v) is 14.4. The molecule has 2 unspecified atom stereocenters. The van der Waals surface area contributed by atoms with Gasteiger partial charge >= 0.3 is 12.7 Å². The van der Waals surface area contributed by atoms with Gasteiger partial charge in [-0.05, 0) is 55.7 Å². The van der Waals surface area contributed by atoms with E-state index in [1.165, 1.54) is 31.4 Å². The molecule has 2 aromatic heterocycles. The summed E-state index contributed by atoms with van der Waals surface area (Å²) in [5, 5.41) is 19.1. The van der Waals surface area contributed by atoms with Crippen LogP contribution in [-0.2, 0) is 16.0 Å². The fraction of sp³-hybridized carbons (Fsp3) is 0.312. The quantitative estimate of drug-likeness (QED) is 0.161. The number of aromatic amines is 1. The van der Waals surface area contributed by atoms with Gasteiger partial charge in [0, 0.05) is 28.9 Å². The summed E-state index contributed by atoms with van der Waals surface area (Å²) in [6, 6.07) is 11.6. The Labute approximate surface area is 257 Å². The maximum absolute atomic E-state index is 14.8. The number of hydrogen-bond donors (Lipinski definition) is 3. The molecule has 4 aromatic rings. The number of carbonyl (C=O) groups is 2. The third-order valence-corrected chi connectivity index (χ3v) is 7.80. The number of halogens is 3. The molecule has 2 atom stereocenters. The Hall–Kier alpha value is -5.07. The number of amides is 2. The standard InChI is InChI=1S/C32H32F3N5O5/c1-4-23-28-20-13-12-19(36-32(42)44-3)15-24(20)38-30(41)17(2)7-5-8-21(29(37-23)39-28)25-14-11-18(16-40(25)43)27-22(33)9-6-10-26(27)45-31(34)35/h6,9-17,21,31H,4-5,7-8H2,1-3H3,(H,36,42)(H,37,39)(H,38,41). The van der Waals surface area contributed by atoms with Crippen molar-refractivity contribution in [2.45, 2.75) is 52.1 Å². The number of carbonyl (C=O) groups excluding carboxylic acids is 2. The normalized spacial score (nSPS) is 16.6. The van der Waals surface area contributed by atoms with Gasteiger partial charge < -0.3 is 25.0 Å². The monoisotopic (exact) mass is 623 g/mol. The Balaban J connectivity index is 1.60. The van der Waals surface area contributed by atoms with E-state index < -0.39 is 24.4 Å². The highest BCUT2D eigenvalue weighted by molar-refractivity contribution is 5.98. The Morgan fingerprint density at radius 1 is 1.20 bits per heavy atom. The molecule has 2 aromatic carbocycles. The number of ether oxygens (including phenoxy) is 2. The van der Waals surface area contributed by atoms with Crippen molar-refractivity contribution in [3.63, 3.8) is 0 Å². The van der Waals surface area contributed by atoms with E-state index >= 15 is 0 Å². The molecular weight excluding hydrogens is 591 g/mol. The molecule has 3 N–H and O–H groups in total. The fourth-order valence-corrected chi connectivity index (χ4v) is 5.50. The van der Waals surface area contributed by atoms with Crippen LogP contribution in [0.3, 0.4) is 0 Å². The maximum Gasteiger partial charge on any atom is 0.411 e. The number of hydrogen-bond acceptors (Lipinski definition) is 6. The van der Waals surface area contributed by atoms with Crippen LogP contribution >= 0.6 is 0 Å². The van der Waals surface area contributed by atoms with Crippen LogP contribution in [0.15, 0.2) is 54.7 Å². The van der Waals surface area contributed by atoms with Crippen molar-refractivity contribution < 1.29 is 37.0 Å². The molecule has 10 nitrogen and oxygen atoms in total. The second-order valence-electron chi connectivity index (χ2n) is 10.7. The molecule has 0 aliphatic carbocycles. The topological polar surface area (TPSA) is 132 Å². The lowest BCUT2D eigenvalue weighted by Gasteiger charge is -2.19. The Morgan fingerprint density at radius 2 is 2.00 bits per heavy atom. The van der Waals surface area contributed by atoms with Crippen molar-refractivity contribution in [3.05, 3.63) is 83.0 Å². The highest BCUT2D eigenvalue weighted by Crippen LogP contribution is 2.38. The van der Waals surface area contributed by atoms with Gasteiger partial charge in [-0.25, -0.2) is 14.2 Å². The third-order valence-electron chi connectivity index (χ3n) is 7.80. The number of imidazole rings is 1. The summed E-state index contributed by atoms with van der Waals surface area (Å²) >= 11 is 0. The Bertz CT molecular complexity index is 1730. The average Bonchev–Trinajstić information content (AvgIpc) is 3.43. The molecule has 1 aliphatic heterocycles. The molecule has 3 heterocycles. The van der Waals surface area contributed by atoms with E-state index in [9.17, 15) is 28.0 Å². The molecular formula is C32H32F3N5O5. The molecule has 0 fully saturated rings. The number of alkyl halides is 2. The van der Waals surface area contributed by atoms with Crippen molar-refractivity contribution in [2.24, 2.45) is 5.92 Å². The minimum absolute atomic E-state index is 0.0700. The molecule has 0 spiro atoms. The molecule has 236 valence electrons. The maximum atomic E-state index is 14.8. The van der Waals surface area contributed by atoms with Crippen LogP contribution in [0, 0.1) is 16.9 Å². The highest BCUT2D eigenvalue weighted by atomic mass is 19.3. The van der Waals surface area contributed by atoms with Gasteiger partial charge in [-0.15, -0.1) is 0 Å². The van der Waals surface area contributed by atoms with E-state index in [0.29, 0.717) is 64.6 Å². The zero-order valence-electron chi connectivity index (χ0n) is 24.8. The van der Waals surface area contributed by atoms with E-state index in [1.54, 1.807) is 18.2 Å². The van der Waals surface area contributed by atoms with Crippen LogP contribution in [0.5, 0.6) is 5.75 Å². The predicted octanol–water partition coefficient (Wildman–Crippen LogP) is 6.75. The number of aryl methyl sites for hydroxylation is 1. The Morgan fingerprint density at radius 3 is 2.71 bits per heavy atom. The number of rotatable bonds is 6. The largest absolute Gasteiger partial charge is 0.618 e. The number of pyridine rings is 1. The summed E-state index contributed by atoms with van der Waals surface area (Å²) in [5.41, 5.74) is 2.93. The third kappa shape index (κ3) is 6.71. The number of anilines is 2. The number of nitrogens with zero attached hydrogens (tertiary/aromatic N) is 2. The second kappa shape index (κ2) is 13.3. The van der Waals surface area contributed by atoms with E-state index in [-0.39, 0.29) is 28.7 Å². The summed E-state index contributed by atoms with van der Waals surface area (Å²) in [7, 11) is 1.25. The van der Waals surface area contributed by atoms with Crippen LogP contribution in [-0.4, -0.2) is 35.7 Å². The molecule has 45 heavy (non-hydrogen) atoms. The van der Waals surface area contributed by atoms with Gasteiger partial charge in [0.1, 0.15) is 23.3 Å². The molecule has 1 aliphatic rings. The summed E-state index contributed by atoms with van der Waals surface area (Å²) in [6.07, 6.45) is 2.56. The van der Waals surface area contributed by atoms with Crippen LogP contribution in [0.2, 0.25) is 0 Å². The summed E-state index contributed by atoms with van der Waals surface area (Å²) in [6.45, 7) is 0.576. The van der Waals surface area contributed by atoms with Gasteiger partial charge in [-0.2, -0.15) is 13.5 Å². The van der Waals surface area contributed by atoms with E-state index in [2.05, 4.69) is 20.4 Å². The molecule has 0 saturated carbocycles. The number of H-pyrrole nitrogens is 1. The van der Waals surface area contributed by atoms with Gasteiger partial charge in [0.15, 0.2) is 6.20 Å². The Kier molecular flexibility index (Phi) is 9.26. The number of fused-ring (bicyclic) bond motifs is 4. The van der Waals surface area contributed by atoms with Crippen LogP contribution in [0.1, 0.15) is 56.2 Å². The molecule has 2 amide bonds.